The van der Waals surface area contributed by atoms with Gasteiger partial charge in [0.25, 0.3) is 0 Å². The summed E-state index contributed by atoms with van der Waals surface area (Å²) in [6, 6.07) is 5.15. The van der Waals surface area contributed by atoms with Crippen LogP contribution in [0.25, 0.3) is 0 Å². The van der Waals surface area contributed by atoms with Crippen molar-refractivity contribution in [2.45, 2.75) is 20.8 Å². The van der Waals surface area contributed by atoms with Crippen LogP contribution in [0, 0.1) is 12.7 Å². The zero-order chi connectivity index (χ0) is 12.0. The Morgan fingerprint density at radius 3 is 2.50 bits per heavy atom. The average Bonchev–Trinajstić information content (AvgIpc) is 2.28. The maximum atomic E-state index is 13.5. The number of aryl methyl sites for hydroxylation is 1. The number of likely N-dealkylation sites (N-methyl/N-ethyl adjacent to an activating group) is 1. The molecule has 0 aromatic heterocycles. The first-order chi connectivity index (χ1) is 7.69. The predicted molar refractivity (Wildman–Crippen MR) is 67.4 cm³/mol. The summed E-state index contributed by atoms with van der Waals surface area (Å²) >= 11 is 0. The van der Waals surface area contributed by atoms with Crippen molar-refractivity contribution in [2.75, 3.05) is 31.5 Å². The molecule has 0 radical (unpaired) electrons. The van der Waals surface area contributed by atoms with Crippen LogP contribution in [0.5, 0.6) is 0 Å². The third-order valence-electron chi connectivity index (χ3n) is 2.85. The third-order valence-corrected chi connectivity index (χ3v) is 2.85. The van der Waals surface area contributed by atoms with E-state index in [1.54, 1.807) is 6.07 Å². The zero-order valence-electron chi connectivity index (χ0n) is 10.4. The van der Waals surface area contributed by atoms with Gasteiger partial charge >= 0.3 is 0 Å². The van der Waals surface area contributed by atoms with Crippen LogP contribution >= 0.6 is 0 Å². The van der Waals surface area contributed by atoms with Gasteiger partial charge in [0.15, 0.2) is 0 Å². The van der Waals surface area contributed by atoms with E-state index in [-0.39, 0.29) is 5.82 Å². The van der Waals surface area contributed by atoms with Crippen LogP contribution in [0.15, 0.2) is 18.2 Å². The Balaban J connectivity index is 2.48. The Hall–Kier alpha value is -1.09. The number of hydrogen-bond donors (Lipinski definition) is 1. The molecular formula is C13H21FN2. The van der Waals surface area contributed by atoms with Gasteiger partial charge in [-0.15, -0.1) is 0 Å². The van der Waals surface area contributed by atoms with E-state index in [2.05, 4.69) is 24.1 Å². The van der Waals surface area contributed by atoms with Gasteiger partial charge in [0.2, 0.25) is 0 Å². The molecule has 0 saturated heterocycles. The first kappa shape index (κ1) is 13.0. The fourth-order valence-electron chi connectivity index (χ4n) is 1.73. The molecule has 0 bridgehead atoms. The standard InChI is InChI=1S/C13H21FN2/c1-4-16(5-2)10-9-15-13-11(3)7-6-8-12(13)14/h6-8,15H,4-5,9-10H2,1-3H3. The summed E-state index contributed by atoms with van der Waals surface area (Å²) in [6.07, 6.45) is 0. The van der Waals surface area contributed by atoms with E-state index in [0.29, 0.717) is 5.69 Å². The van der Waals surface area contributed by atoms with Crippen molar-refractivity contribution in [3.05, 3.63) is 29.6 Å². The molecule has 0 aliphatic carbocycles. The third kappa shape index (κ3) is 3.49. The molecule has 0 unspecified atom stereocenters. The molecular weight excluding hydrogens is 203 g/mol. The maximum Gasteiger partial charge on any atom is 0.146 e. The first-order valence-electron chi connectivity index (χ1n) is 5.90. The van der Waals surface area contributed by atoms with Crippen molar-refractivity contribution in [1.82, 2.24) is 4.90 Å². The van der Waals surface area contributed by atoms with Gasteiger partial charge in [-0.05, 0) is 31.6 Å². The van der Waals surface area contributed by atoms with Crippen LogP contribution in [0.2, 0.25) is 0 Å². The number of nitrogens with one attached hydrogen (secondary N) is 1. The fraction of sp³-hybridized carbons (Fsp3) is 0.538. The second-order valence-electron chi connectivity index (χ2n) is 3.89. The predicted octanol–water partition coefficient (Wildman–Crippen LogP) is 2.89. The number of hydrogen-bond acceptors (Lipinski definition) is 2. The molecule has 1 aromatic rings. The fourth-order valence-corrected chi connectivity index (χ4v) is 1.73. The molecule has 0 amide bonds. The molecule has 90 valence electrons. The summed E-state index contributed by atoms with van der Waals surface area (Å²) in [4.78, 5) is 2.31. The molecule has 1 aromatic carbocycles. The number of nitrogens with zero attached hydrogens (tertiary/aromatic N) is 1. The van der Waals surface area contributed by atoms with E-state index in [1.807, 2.05) is 13.0 Å². The quantitative estimate of drug-likeness (QED) is 0.799. The van der Waals surface area contributed by atoms with Gasteiger partial charge in [-0.25, -0.2) is 4.39 Å². The number of halogens is 1. The molecule has 0 aliphatic rings. The Morgan fingerprint density at radius 2 is 1.94 bits per heavy atom. The summed E-state index contributed by atoms with van der Waals surface area (Å²) in [5, 5.41) is 3.16. The van der Waals surface area contributed by atoms with Crippen LogP contribution < -0.4 is 5.32 Å². The van der Waals surface area contributed by atoms with E-state index in [1.165, 1.54) is 6.07 Å². The van der Waals surface area contributed by atoms with Gasteiger partial charge in [-0.1, -0.05) is 26.0 Å². The van der Waals surface area contributed by atoms with Crippen molar-refractivity contribution >= 4 is 5.69 Å². The molecule has 3 heteroatoms. The smallest absolute Gasteiger partial charge is 0.146 e. The average molecular weight is 224 g/mol. The molecule has 0 aliphatic heterocycles. The second kappa shape index (κ2) is 6.48. The largest absolute Gasteiger partial charge is 0.381 e. The number of para-hydroxylation sites is 1. The van der Waals surface area contributed by atoms with E-state index in [9.17, 15) is 4.39 Å². The highest BCUT2D eigenvalue weighted by Gasteiger charge is 2.04. The summed E-state index contributed by atoms with van der Waals surface area (Å²) in [6.45, 7) is 9.99. The summed E-state index contributed by atoms with van der Waals surface area (Å²) in [5.41, 5.74) is 1.59. The van der Waals surface area contributed by atoms with E-state index in [4.69, 9.17) is 0 Å². The Labute approximate surface area is 97.5 Å². The minimum absolute atomic E-state index is 0.167. The highest BCUT2D eigenvalue weighted by atomic mass is 19.1. The number of rotatable bonds is 6. The van der Waals surface area contributed by atoms with Crippen LogP contribution in [0.3, 0.4) is 0 Å². The van der Waals surface area contributed by atoms with Crippen LogP contribution in [0.1, 0.15) is 19.4 Å². The zero-order valence-corrected chi connectivity index (χ0v) is 10.4. The molecule has 0 fully saturated rings. The van der Waals surface area contributed by atoms with Crippen molar-refractivity contribution in [1.29, 1.82) is 0 Å². The lowest BCUT2D eigenvalue weighted by Crippen LogP contribution is -2.28. The van der Waals surface area contributed by atoms with Crippen molar-refractivity contribution in [2.24, 2.45) is 0 Å². The van der Waals surface area contributed by atoms with Gasteiger partial charge in [-0.2, -0.15) is 0 Å². The lowest BCUT2D eigenvalue weighted by molar-refractivity contribution is 0.316. The van der Waals surface area contributed by atoms with Gasteiger partial charge in [0, 0.05) is 13.1 Å². The number of benzene rings is 1. The molecule has 1 N–H and O–H groups in total. The monoisotopic (exact) mass is 224 g/mol. The molecule has 0 heterocycles. The maximum absolute atomic E-state index is 13.5. The molecule has 0 spiro atoms. The van der Waals surface area contributed by atoms with Crippen LogP contribution in [-0.4, -0.2) is 31.1 Å². The second-order valence-corrected chi connectivity index (χ2v) is 3.89. The van der Waals surface area contributed by atoms with Crippen LogP contribution in [-0.2, 0) is 0 Å². The van der Waals surface area contributed by atoms with E-state index in [0.717, 1.165) is 31.7 Å². The Kier molecular flexibility index (Phi) is 5.26. The molecule has 0 saturated carbocycles. The molecule has 2 nitrogen and oxygen atoms in total. The van der Waals surface area contributed by atoms with Crippen molar-refractivity contribution in [3.8, 4) is 0 Å². The lowest BCUT2D eigenvalue weighted by atomic mass is 10.2. The highest BCUT2D eigenvalue weighted by Crippen LogP contribution is 2.18. The van der Waals surface area contributed by atoms with Crippen molar-refractivity contribution in [3.63, 3.8) is 0 Å². The van der Waals surface area contributed by atoms with Crippen molar-refractivity contribution < 1.29 is 4.39 Å². The summed E-state index contributed by atoms with van der Waals surface area (Å²) in [5.74, 6) is -0.167. The van der Waals surface area contributed by atoms with Gasteiger partial charge in [-0.3, -0.25) is 0 Å². The Bertz CT molecular complexity index is 301. The molecule has 1 rings (SSSR count). The SMILES string of the molecule is CCN(CC)CCNc1c(C)cccc1F. The van der Waals surface area contributed by atoms with E-state index < -0.39 is 0 Å². The van der Waals surface area contributed by atoms with Gasteiger partial charge in [0.05, 0.1) is 5.69 Å². The number of anilines is 1. The first-order valence-corrected chi connectivity index (χ1v) is 5.90. The normalized spacial score (nSPS) is 10.8. The van der Waals surface area contributed by atoms with E-state index >= 15 is 0 Å². The summed E-state index contributed by atoms with van der Waals surface area (Å²) in [7, 11) is 0. The van der Waals surface area contributed by atoms with Crippen LogP contribution in [0.4, 0.5) is 10.1 Å². The molecule has 0 atom stereocenters. The minimum Gasteiger partial charge on any atom is -0.381 e. The topological polar surface area (TPSA) is 15.3 Å². The van der Waals surface area contributed by atoms with Gasteiger partial charge in [0.1, 0.15) is 5.82 Å². The van der Waals surface area contributed by atoms with Gasteiger partial charge < -0.3 is 10.2 Å². The lowest BCUT2D eigenvalue weighted by Gasteiger charge is -2.19. The molecule has 16 heavy (non-hydrogen) atoms. The highest BCUT2D eigenvalue weighted by molar-refractivity contribution is 5.51. The Morgan fingerprint density at radius 1 is 1.25 bits per heavy atom. The summed E-state index contributed by atoms with van der Waals surface area (Å²) < 4.78 is 13.5. The minimum atomic E-state index is -0.167.